The lowest BCUT2D eigenvalue weighted by atomic mass is 10.0. The highest BCUT2D eigenvalue weighted by Gasteiger charge is 2.30. The standard InChI is InChI=1S/C64H124O17P2/c1-7-9-11-13-14-22-30-36-42-48-63(68)80-59(52-74-61(66)46-40-32-12-10-8-2)54-78-82(70,71)76-50-58(65)51-77-83(72,73)79-55-60(53-75-62(67)47-41-35-29-26-25-28-34-39-45-57(5)6)81-64(69)49-43-37-31-24-21-19-17-15-16-18-20-23-27-33-38-44-56(3)4/h56-60,65H,7-55H2,1-6H3,(H,70,71)(H,72,73)/t58-,59+,60+/m0/s1. The van der Waals surface area contributed by atoms with Crippen LogP contribution in [-0.4, -0.2) is 96.7 Å². The summed E-state index contributed by atoms with van der Waals surface area (Å²) >= 11 is 0. The monoisotopic (exact) mass is 1230 g/mol. The van der Waals surface area contributed by atoms with Gasteiger partial charge in [-0.25, -0.2) is 9.13 Å². The molecule has 0 heterocycles. The molecule has 17 nitrogen and oxygen atoms in total. The van der Waals surface area contributed by atoms with Crippen molar-refractivity contribution in [2.75, 3.05) is 39.6 Å². The molecule has 0 aromatic rings. The Morgan fingerprint density at radius 3 is 0.819 bits per heavy atom. The van der Waals surface area contributed by atoms with Gasteiger partial charge in [0.15, 0.2) is 12.2 Å². The van der Waals surface area contributed by atoms with E-state index >= 15 is 0 Å². The van der Waals surface area contributed by atoms with Crippen molar-refractivity contribution in [3.05, 3.63) is 0 Å². The third kappa shape index (κ3) is 58.8. The van der Waals surface area contributed by atoms with E-state index in [1.54, 1.807) is 0 Å². The Labute approximate surface area is 505 Å². The predicted octanol–water partition coefficient (Wildman–Crippen LogP) is 17.7. The number of aliphatic hydroxyl groups excluding tert-OH is 1. The third-order valence-electron chi connectivity index (χ3n) is 14.7. The van der Waals surface area contributed by atoms with Gasteiger partial charge in [0.05, 0.1) is 26.4 Å². The van der Waals surface area contributed by atoms with Crippen LogP contribution in [0.1, 0.15) is 318 Å². The molecule has 0 aromatic carbocycles. The molecule has 3 N–H and O–H groups in total. The van der Waals surface area contributed by atoms with Crippen molar-refractivity contribution >= 4 is 39.5 Å². The van der Waals surface area contributed by atoms with E-state index in [0.717, 1.165) is 108 Å². The molecule has 0 aliphatic heterocycles. The first kappa shape index (κ1) is 81.1. The molecule has 0 rings (SSSR count). The number of unbranched alkanes of at least 4 members (excludes halogenated alkanes) is 33. The second-order valence-corrected chi connectivity index (χ2v) is 27.0. The highest BCUT2D eigenvalue weighted by atomic mass is 31.2. The van der Waals surface area contributed by atoms with Crippen LogP contribution in [0.5, 0.6) is 0 Å². The number of carbonyl (C=O) groups is 4. The number of phosphoric acid groups is 2. The number of hydrogen-bond acceptors (Lipinski definition) is 15. The number of ether oxygens (including phenoxy) is 4. The summed E-state index contributed by atoms with van der Waals surface area (Å²) in [6.45, 7) is 9.38. The van der Waals surface area contributed by atoms with Crippen LogP contribution in [-0.2, 0) is 65.4 Å². The van der Waals surface area contributed by atoms with Gasteiger partial charge in [0.1, 0.15) is 19.3 Å². The number of phosphoric ester groups is 2. The summed E-state index contributed by atoms with van der Waals surface area (Å²) in [5.74, 6) is -0.617. The smallest absolute Gasteiger partial charge is 0.462 e. The van der Waals surface area contributed by atoms with Gasteiger partial charge in [-0.1, -0.05) is 266 Å². The van der Waals surface area contributed by atoms with Crippen LogP contribution in [0.3, 0.4) is 0 Å². The van der Waals surface area contributed by atoms with E-state index in [-0.39, 0.29) is 25.7 Å². The van der Waals surface area contributed by atoms with Crippen molar-refractivity contribution in [2.24, 2.45) is 11.8 Å². The summed E-state index contributed by atoms with van der Waals surface area (Å²) < 4.78 is 67.8. The SMILES string of the molecule is CCCCCCCCCCCC(=O)O[C@H](COC(=O)CCCCCCC)COP(=O)(O)OC[C@H](O)COP(=O)(O)OC[C@@H](COC(=O)CCCCCCCCCCC(C)C)OC(=O)CCCCCCCCCCCCCCCCCC(C)C. The number of esters is 4. The Balaban J connectivity index is 5.13. The van der Waals surface area contributed by atoms with Gasteiger partial charge in [-0.05, 0) is 37.5 Å². The lowest BCUT2D eigenvalue weighted by Gasteiger charge is -2.21. The Morgan fingerprint density at radius 2 is 0.554 bits per heavy atom. The van der Waals surface area contributed by atoms with Gasteiger partial charge in [-0.15, -0.1) is 0 Å². The van der Waals surface area contributed by atoms with Crippen molar-refractivity contribution in [3.63, 3.8) is 0 Å². The molecule has 0 aromatic heterocycles. The van der Waals surface area contributed by atoms with E-state index in [1.807, 2.05) is 0 Å². The molecule has 0 radical (unpaired) electrons. The second kappa shape index (κ2) is 56.6. The number of rotatable bonds is 63. The average Bonchev–Trinajstić information content (AvgIpc) is 3.46. The maximum atomic E-state index is 13.0. The van der Waals surface area contributed by atoms with Crippen LogP contribution in [0.25, 0.3) is 0 Å². The highest BCUT2D eigenvalue weighted by Crippen LogP contribution is 2.45. The van der Waals surface area contributed by atoms with Crippen LogP contribution in [0, 0.1) is 11.8 Å². The Morgan fingerprint density at radius 1 is 0.325 bits per heavy atom. The van der Waals surface area contributed by atoms with E-state index in [4.69, 9.17) is 37.0 Å². The lowest BCUT2D eigenvalue weighted by molar-refractivity contribution is -0.161. The molecule has 0 fully saturated rings. The van der Waals surface area contributed by atoms with Gasteiger partial charge in [0, 0.05) is 25.7 Å². The molecule has 0 aliphatic carbocycles. The molecule has 0 amide bonds. The fourth-order valence-corrected chi connectivity index (χ4v) is 11.1. The van der Waals surface area contributed by atoms with E-state index in [0.29, 0.717) is 25.7 Å². The molecule has 0 bridgehead atoms. The molecule has 5 atom stereocenters. The molecule has 0 aliphatic rings. The van der Waals surface area contributed by atoms with E-state index < -0.39 is 97.5 Å². The Bertz CT molecular complexity index is 1630. The highest BCUT2D eigenvalue weighted by molar-refractivity contribution is 7.47. The molecule has 83 heavy (non-hydrogen) atoms. The fraction of sp³-hybridized carbons (Fsp3) is 0.938. The Kier molecular flexibility index (Phi) is 55.2. The van der Waals surface area contributed by atoms with Crippen LogP contribution >= 0.6 is 15.6 Å². The Hall–Kier alpha value is -1.94. The normalized spacial score (nSPS) is 14.3. The molecular weight excluding hydrogens is 1100 g/mol. The minimum atomic E-state index is -4.94. The summed E-state index contributed by atoms with van der Waals surface area (Å²) in [6.07, 6.45) is 39.4. The zero-order valence-corrected chi connectivity index (χ0v) is 55.3. The molecule has 0 spiro atoms. The maximum absolute atomic E-state index is 13.0. The van der Waals surface area contributed by atoms with Gasteiger partial charge in [0.2, 0.25) is 0 Å². The summed E-state index contributed by atoms with van der Waals surface area (Å²) in [7, 11) is -9.88. The summed E-state index contributed by atoms with van der Waals surface area (Å²) in [6, 6.07) is 0. The molecule has 492 valence electrons. The van der Waals surface area contributed by atoms with E-state index in [2.05, 4.69) is 41.5 Å². The zero-order chi connectivity index (χ0) is 61.5. The first-order chi connectivity index (χ1) is 39.9. The van der Waals surface area contributed by atoms with Crippen LogP contribution < -0.4 is 0 Å². The van der Waals surface area contributed by atoms with Gasteiger partial charge < -0.3 is 33.8 Å². The lowest BCUT2D eigenvalue weighted by Crippen LogP contribution is -2.30. The van der Waals surface area contributed by atoms with Crippen LogP contribution in [0.15, 0.2) is 0 Å². The maximum Gasteiger partial charge on any atom is 0.472 e. The second-order valence-electron chi connectivity index (χ2n) is 24.1. The molecule has 19 heteroatoms. The number of carbonyl (C=O) groups excluding carboxylic acids is 4. The molecule has 0 saturated heterocycles. The van der Waals surface area contributed by atoms with Gasteiger partial charge in [-0.3, -0.25) is 37.3 Å². The topological polar surface area (TPSA) is 237 Å². The summed E-state index contributed by atoms with van der Waals surface area (Å²) in [4.78, 5) is 71.9. The summed E-state index contributed by atoms with van der Waals surface area (Å²) in [5.41, 5.74) is 0. The van der Waals surface area contributed by atoms with E-state index in [9.17, 15) is 43.2 Å². The van der Waals surface area contributed by atoms with Gasteiger partial charge in [-0.2, -0.15) is 0 Å². The summed E-state index contributed by atoms with van der Waals surface area (Å²) in [5, 5.41) is 10.5. The first-order valence-corrected chi connectivity index (χ1v) is 36.5. The minimum absolute atomic E-state index is 0.105. The van der Waals surface area contributed by atoms with Crippen molar-refractivity contribution in [1.29, 1.82) is 0 Å². The average molecular weight is 1230 g/mol. The van der Waals surface area contributed by atoms with Gasteiger partial charge >= 0.3 is 39.5 Å². The zero-order valence-electron chi connectivity index (χ0n) is 53.5. The number of hydrogen-bond donors (Lipinski definition) is 3. The van der Waals surface area contributed by atoms with Crippen LogP contribution in [0.4, 0.5) is 0 Å². The van der Waals surface area contributed by atoms with Crippen molar-refractivity contribution in [2.45, 2.75) is 336 Å². The third-order valence-corrected chi connectivity index (χ3v) is 16.6. The number of aliphatic hydroxyl groups is 1. The quantitative estimate of drug-likeness (QED) is 0.0222. The minimum Gasteiger partial charge on any atom is -0.462 e. The predicted molar refractivity (Wildman–Crippen MR) is 331 cm³/mol. The van der Waals surface area contributed by atoms with Crippen LogP contribution in [0.2, 0.25) is 0 Å². The van der Waals surface area contributed by atoms with Crippen molar-refractivity contribution < 1.29 is 80.2 Å². The molecule has 2 unspecified atom stereocenters. The molecular formula is C64H124O17P2. The van der Waals surface area contributed by atoms with Gasteiger partial charge in [0.25, 0.3) is 0 Å². The van der Waals surface area contributed by atoms with Crippen molar-refractivity contribution in [3.8, 4) is 0 Å². The van der Waals surface area contributed by atoms with Crippen molar-refractivity contribution in [1.82, 2.24) is 0 Å². The first-order valence-electron chi connectivity index (χ1n) is 33.5. The van der Waals surface area contributed by atoms with E-state index in [1.165, 1.54) is 128 Å². The molecule has 0 saturated carbocycles. The fourth-order valence-electron chi connectivity index (χ4n) is 9.53. The largest absolute Gasteiger partial charge is 0.472 e.